The molecule has 0 unspecified atom stereocenters. The maximum atomic E-state index is 4.80. The van der Waals surface area contributed by atoms with Crippen molar-refractivity contribution < 1.29 is 0 Å². The average Bonchev–Trinajstić information content (AvgIpc) is 3.09. The lowest BCUT2D eigenvalue weighted by atomic mass is 10.0. The molecule has 0 amide bonds. The Hall–Kier alpha value is -2.95. The van der Waals surface area contributed by atoms with Crippen molar-refractivity contribution in [3.63, 3.8) is 0 Å². The predicted molar refractivity (Wildman–Crippen MR) is 90.1 cm³/mol. The zero-order chi connectivity index (χ0) is 15.2. The van der Waals surface area contributed by atoms with Crippen LogP contribution in [0.4, 0.5) is 11.5 Å². The number of nitrogens with zero attached hydrogens (tertiary/aromatic N) is 5. The summed E-state index contributed by atoms with van der Waals surface area (Å²) in [5.41, 5.74) is 3.71. The van der Waals surface area contributed by atoms with Gasteiger partial charge in [-0.05, 0) is 36.6 Å². The molecule has 5 heteroatoms. The van der Waals surface area contributed by atoms with Crippen molar-refractivity contribution in [2.75, 3.05) is 11.4 Å². The lowest BCUT2D eigenvalue weighted by Crippen LogP contribution is -2.25. The molecule has 0 N–H and O–H groups in total. The number of anilines is 2. The Morgan fingerprint density at radius 2 is 1.83 bits per heavy atom. The average molecular weight is 301 g/mol. The fourth-order valence-electron chi connectivity index (χ4n) is 3.46. The zero-order valence-corrected chi connectivity index (χ0v) is 12.6. The lowest BCUT2D eigenvalue weighted by Gasteiger charge is -2.31. The van der Waals surface area contributed by atoms with Crippen LogP contribution in [0, 0.1) is 0 Å². The van der Waals surface area contributed by atoms with Gasteiger partial charge in [0.1, 0.15) is 12.1 Å². The minimum atomic E-state index is 0.641. The minimum Gasteiger partial charge on any atom is -0.325 e. The van der Waals surface area contributed by atoms with Crippen molar-refractivity contribution in [3.8, 4) is 0 Å². The van der Waals surface area contributed by atoms with Crippen molar-refractivity contribution in [3.05, 3.63) is 60.4 Å². The number of aryl methyl sites for hydroxylation is 1. The van der Waals surface area contributed by atoms with Crippen molar-refractivity contribution in [2.45, 2.75) is 12.8 Å². The van der Waals surface area contributed by atoms with Gasteiger partial charge < -0.3 is 4.90 Å². The SMILES string of the molecule is c1ccc2c(c1)CCCN2c1nc2nncn2c2ccccc12. The Bertz CT molecular complexity index is 1020. The summed E-state index contributed by atoms with van der Waals surface area (Å²) in [4.78, 5) is 7.12. The third-order valence-electron chi connectivity index (χ3n) is 4.51. The van der Waals surface area contributed by atoms with Crippen LogP contribution in [0.2, 0.25) is 0 Å². The maximum absolute atomic E-state index is 4.80. The van der Waals surface area contributed by atoms with Gasteiger partial charge in [-0.25, -0.2) is 0 Å². The highest BCUT2D eigenvalue weighted by Crippen LogP contribution is 2.36. The molecule has 1 aliphatic heterocycles. The van der Waals surface area contributed by atoms with Gasteiger partial charge in [0.2, 0.25) is 0 Å². The van der Waals surface area contributed by atoms with E-state index in [0.717, 1.165) is 36.1 Å². The molecule has 0 radical (unpaired) electrons. The Morgan fingerprint density at radius 1 is 0.957 bits per heavy atom. The molecule has 23 heavy (non-hydrogen) atoms. The topological polar surface area (TPSA) is 46.3 Å². The van der Waals surface area contributed by atoms with Crippen molar-refractivity contribution >= 4 is 28.2 Å². The van der Waals surface area contributed by atoms with Crippen LogP contribution in [-0.2, 0) is 6.42 Å². The van der Waals surface area contributed by atoms with Gasteiger partial charge in [-0.3, -0.25) is 4.40 Å². The first-order chi connectivity index (χ1) is 11.4. The standard InChI is InChI=1S/C18H15N5/c1-3-9-15-13(6-1)7-5-11-22(15)17-14-8-2-4-10-16(14)23-12-19-21-18(23)20-17/h1-4,6,8-10,12H,5,7,11H2. The highest BCUT2D eigenvalue weighted by molar-refractivity contribution is 5.93. The highest BCUT2D eigenvalue weighted by atomic mass is 15.3. The summed E-state index contributed by atoms with van der Waals surface area (Å²) >= 11 is 0. The van der Waals surface area contributed by atoms with Gasteiger partial charge in [0.05, 0.1) is 5.52 Å². The van der Waals surface area contributed by atoms with E-state index in [4.69, 9.17) is 4.98 Å². The van der Waals surface area contributed by atoms with Crippen LogP contribution in [0.5, 0.6) is 0 Å². The number of benzene rings is 2. The fraction of sp³-hybridized carbons (Fsp3) is 0.167. The molecule has 0 atom stereocenters. The summed E-state index contributed by atoms with van der Waals surface area (Å²) in [6.07, 6.45) is 3.97. The van der Waals surface area contributed by atoms with Crippen LogP contribution in [0.15, 0.2) is 54.9 Å². The lowest BCUT2D eigenvalue weighted by molar-refractivity contribution is 0.761. The van der Waals surface area contributed by atoms with Gasteiger partial charge in [0.25, 0.3) is 5.78 Å². The molecule has 112 valence electrons. The quantitative estimate of drug-likeness (QED) is 0.541. The van der Waals surface area contributed by atoms with Crippen LogP contribution in [0.3, 0.4) is 0 Å². The van der Waals surface area contributed by atoms with E-state index in [2.05, 4.69) is 57.6 Å². The summed E-state index contributed by atoms with van der Waals surface area (Å²) in [5.74, 6) is 1.61. The monoisotopic (exact) mass is 301 g/mol. The van der Waals surface area contributed by atoms with Gasteiger partial charge in [0, 0.05) is 17.6 Å². The third kappa shape index (κ3) is 1.83. The van der Waals surface area contributed by atoms with E-state index < -0.39 is 0 Å². The zero-order valence-electron chi connectivity index (χ0n) is 12.6. The molecule has 2 aromatic heterocycles. The molecule has 3 heterocycles. The molecule has 4 aromatic rings. The number of fused-ring (bicyclic) bond motifs is 4. The van der Waals surface area contributed by atoms with Gasteiger partial charge in [0.15, 0.2) is 0 Å². The molecular formula is C18H15N5. The molecule has 0 saturated carbocycles. The Kier molecular flexibility index (Phi) is 2.61. The molecular weight excluding hydrogens is 286 g/mol. The van der Waals surface area contributed by atoms with Crippen LogP contribution < -0.4 is 4.90 Å². The fourth-order valence-corrected chi connectivity index (χ4v) is 3.46. The number of rotatable bonds is 1. The van der Waals surface area contributed by atoms with Gasteiger partial charge in [-0.15, -0.1) is 10.2 Å². The molecule has 5 rings (SSSR count). The first kappa shape index (κ1) is 12.6. The third-order valence-corrected chi connectivity index (χ3v) is 4.51. The van der Waals surface area contributed by atoms with Crippen molar-refractivity contribution in [1.82, 2.24) is 19.6 Å². The predicted octanol–water partition coefficient (Wildman–Crippen LogP) is 3.36. The molecule has 0 bridgehead atoms. The number of aromatic nitrogens is 4. The number of hydrogen-bond acceptors (Lipinski definition) is 4. The molecule has 1 aliphatic rings. The second-order valence-electron chi connectivity index (χ2n) is 5.84. The largest absolute Gasteiger partial charge is 0.325 e. The summed E-state index contributed by atoms with van der Waals surface area (Å²) in [6.45, 7) is 0.971. The molecule has 5 nitrogen and oxygen atoms in total. The maximum Gasteiger partial charge on any atom is 0.257 e. The normalized spacial score (nSPS) is 14.3. The summed E-state index contributed by atoms with van der Waals surface area (Å²) in [7, 11) is 0. The smallest absolute Gasteiger partial charge is 0.257 e. The van der Waals surface area contributed by atoms with Crippen LogP contribution >= 0.6 is 0 Å². The van der Waals surface area contributed by atoms with Crippen molar-refractivity contribution in [1.29, 1.82) is 0 Å². The molecule has 0 aliphatic carbocycles. The van der Waals surface area contributed by atoms with Crippen LogP contribution in [0.25, 0.3) is 16.7 Å². The molecule has 0 saturated heterocycles. The van der Waals surface area contributed by atoms with E-state index >= 15 is 0 Å². The first-order valence-corrected chi connectivity index (χ1v) is 7.86. The van der Waals surface area contributed by atoms with E-state index in [1.54, 1.807) is 6.33 Å². The second-order valence-corrected chi connectivity index (χ2v) is 5.84. The molecule has 2 aromatic carbocycles. The molecule has 0 spiro atoms. The Morgan fingerprint density at radius 3 is 2.83 bits per heavy atom. The van der Waals surface area contributed by atoms with E-state index in [1.807, 2.05) is 10.5 Å². The van der Waals surface area contributed by atoms with Crippen molar-refractivity contribution in [2.24, 2.45) is 0 Å². The Labute approximate surface area is 133 Å². The van der Waals surface area contributed by atoms with E-state index in [1.165, 1.54) is 11.3 Å². The highest BCUT2D eigenvalue weighted by Gasteiger charge is 2.21. The van der Waals surface area contributed by atoms with E-state index in [9.17, 15) is 0 Å². The van der Waals surface area contributed by atoms with Gasteiger partial charge >= 0.3 is 0 Å². The van der Waals surface area contributed by atoms with E-state index in [0.29, 0.717) is 5.78 Å². The second kappa shape index (κ2) is 4.78. The van der Waals surface area contributed by atoms with E-state index in [-0.39, 0.29) is 0 Å². The van der Waals surface area contributed by atoms with Crippen LogP contribution in [0.1, 0.15) is 12.0 Å². The summed E-state index contributed by atoms with van der Waals surface area (Å²) < 4.78 is 1.94. The molecule has 0 fully saturated rings. The summed E-state index contributed by atoms with van der Waals surface area (Å²) in [6, 6.07) is 16.9. The van der Waals surface area contributed by atoms with Gasteiger partial charge in [-0.2, -0.15) is 4.98 Å². The number of para-hydroxylation sites is 2. The number of hydrogen-bond donors (Lipinski definition) is 0. The van der Waals surface area contributed by atoms with Crippen LogP contribution in [-0.4, -0.2) is 26.1 Å². The summed E-state index contributed by atoms with van der Waals surface area (Å²) in [5, 5.41) is 9.29. The first-order valence-electron chi connectivity index (χ1n) is 7.86. The minimum absolute atomic E-state index is 0.641. The van der Waals surface area contributed by atoms with Gasteiger partial charge in [-0.1, -0.05) is 30.3 Å². The Balaban J connectivity index is 1.83.